The topological polar surface area (TPSA) is 53.8 Å². The van der Waals surface area contributed by atoms with Gasteiger partial charge in [0.05, 0.1) is 17.3 Å². The van der Waals surface area contributed by atoms with Crippen molar-refractivity contribution in [3.8, 4) is 17.2 Å². The summed E-state index contributed by atoms with van der Waals surface area (Å²) < 4.78 is 0. The van der Waals surface area contributed by atoms with Gasteiger partial charge < -0.3 is 0 Å². The molecular formula is C25H26N2O. The molecule has 2 aliphatic rings. The molecule has 142 valence electrons. The van der Waals surface area contributed by atoms with Gasteiger partial charge in [0.1, 0.15) is 5.78 Å². The number of carbonyl (C=O) groups is 1. The average Bonchev–Trinajstić information content (AvgIpc) is 3.08. The summed E-state index contributed by atoms with van der Waals surface area (Å²) in [5.41, 5.74) is 3.45. The Bertz CT molecular complexity index is 938. The lowest BCUT2D eigenvalue weighted by Gasteiger charge is -2.41. The number of ketones is 1. The Morgan fingerprint density at radius 1 is 1.14 bits per heavy atom. The van der Waals surface area contributed by atoms with Crippen LogP contribution in [0.5, 0.6) is 0 Å². The van der Waals surface area contributed by atoms with Gasteiger partial charge >= 0.3 is 0 Å². The average molecular weight is 370 g/mol. The van der Waals surface area contributed by atoms with E-state index in [0.29, 0.717) is 40.9 Å². The monoisotopic (exact) mass is 370 g/mol. The van der Waals surface area contributed by atoms with Gasteiger partial charge in [0.25, 0.3) is 0 Å². The molecule has 0 saturated heterocycles. The Labute approximate surface area is 167 Å². The fraction of sp³-hybridized carbons (Fsp3) is 0.400. The molecule has 3 heteroatoms. The number of carbonyl (C=O) groups excluding carboxylic acids is 1. The minimum atomic E-state index is 0.438. The molecule has 0 amide bonds. The van der Waals surface area contributed by atoms with E-state index in [1.54, 1.807) is 0 Å². The van der Waals surface area contributed by atoms with E-state index in [2.05, 4.69) is 37.1 Å². The van der Waals surface area contributed by atoms with Crippen LogP contribution in [0.15, 0.2) is 48.7 Å². The highest BCUT2D eigenvalue weighted by molar-refractivity contribution is 5.81. The zero-order chi connectivity index (χ0) is 19.7. The molecule has 4 rings (SSSR count). The quantitative estimate of drug-likeness (QED) is 0.715. The smallest absolute Gasteiger partial charge is 0.133 e. The van der Waals surface area contributed by atoms with Gasteiger partial charge in [-0.3, -0.25) is 9.78 Å². The summed E-state index contributed by atoms with van der Waals surface area (Å²) in [6.45, 7) is 4.65. The molecule has 3 nitrogen and oxygen atoms in total. The van der Waals surface area contributed by atoms with Crippen LogP contribution in [-0.4, -0.2) is 10.8 Å². The van der Waals surface area contributed by atoms with Gasteiger partial charge in [0.2, 0.25) is 0 Å². The van der Waals surface area contributed by atoms with Crippen LogP contribution in [0.25, 0.3) is 17.2 Å². The molecule has 0 unspecified atom stereocenters. The van der Waals surface area contributed by atoms with Crippen molar-refractivity contribution in [2.24, 2.45) is 29.6 Å². The molecule has 1 heterocycles. The van der Waals surface area contributed by atoms with E-state index in [0.717, 1.165) is 29.7 Å². The molecule has 2 saturated carbocycles. The van der Waals surface area contributed by atoms with Crippen molar-refractivity contribution in [2.75, 3.05) is 0 Å². The lowest BCUT2D eigenvalue weighted by Crippen LogP contribution is -2.34. The number of pyridine rings is 1. The number of fused-ring (bicyclic) bond motifs is 1. The van der Waals surface area contributed by atoms with Crippen molar-refractivity contribution in [1.29, 1.82) is 5.26 Å². The molecule has 2 aliphatic carbocycles. The van der Waals surface area contributed by atoms with E-state index in [-0.39, 0.29) is 0 Å². The molecule has 2 aromatic rings. The molecule has 0 radical (unpaired) electrons. The predicted molar refractivity (Wildman–Crippen MR) is 111 cm³/mol. The summed E-state index contributed by atoms with van der Waals surface area (Å²) in [6, 6.07) is 13.9. The van der Waals surface area contributed by atoms with Crippen molar-refractivity contribution < 1.29 is 4.79 Å². The summed E-state index contributed by atoms with van der Waals surface area (Å²) >= 11 is 0. The Hall–Kier alpha value is -2.73. The van der Waals surface area contributed by atoms with Gasteiger partial charge in [-0.15, -0.1) is 0 Å². The van der Waals surface area contributed by atoms with Crippen LogP contribution in [0.3, 0.4) is 0 Å². The fourth-order valence-corrected chi connectivity index (χ4v) is 5.15. The van der Waals surface area contributed by atoms with E-state index in [1.165, 1.54) is 6.42 Å². The fourth-order valence-electron chi connectivity index (χ4n) is 5.15. The molecule has 0 spiro atoms. The third kappa shape index (κ3) is 3.52. The predicted octanol–water partition coefficient (Wildman–Crippen LogP) is 5.52. The summed E-state index contributed by atoms with van der Waals surface area (Å²) in [6.07, 6.45) is 8.95. The lowest BCUT2D eigenvalue weighted by atomic mass is 9.64. The van der Waals surface area contributed by atoms with Crippen molar-refractivity contribution in [3.63, 3.8) is 0 Å². The molecule has 0 bridgehead atoms. The van der Waals surface area contributed by atoms with Crippen LogP contribution in [0.1, 0.15) is 44.4 Å². The first kappa shape index (κ1) is 18.6. The number of benzene rings is 1. The van der Waals surface area contributed by atoms with Crippen molar-refractivity contribution >= 4 is 11.9 Å². The van der Waals surface area contributed by atoms with Crippen LogP contribution >= 0.6 is 0 Å². The highest BCUT2D eigenvalue weighted by Gasteiger charge is 2.44. The number of nitriles is 1. The summed E-state index contributed by atoms with van der Waals surface area (Å²) in [4.78, 5) is 16.6. The minimum absolute atomic E-state index is 0.438. The van der Waals surface area contributed by atoms with Gasteiger partial charge in [0, 0.05) is 30.2 Å². The second-order valence-electron chi connectivity index (χ2n) is 8.51. The lowest BCUT2D eigenvalue weighted by molar-refractivity contribution is -0.117. The zero-order valence-electron chi connectivity index (χ0n) is 16.5. The van der Waals surface area contributed by atoms with Crippen LogP contribution in [0.4, 0.5) is 0 Å². The van der Waals surface area contributed by atoms with Gasteiger partial charge in [0.15, 0.2) is 0 Å². The first-order chi connectivity index (χ1) is 13.6. The maximum Gasteiger partial charge on any atom is 0.133 e. The molecule has 5 atom stereocenters. The first-order valence-electron chi connectivity index (χ1n) is 10.2. The van der Waals surface area contributed by atoms with E-state index in [9.17, 15) is 10.1 Å². The summed E-state index contributed by atoms with van der Waals surface area (Å²) in [5, 5.41) is 9.30. The standard InChI is InChI=1S/C25H26N2O/c1-16-11-20-12-22(28)13-25(20)23(17(16)2)10-9-21-8-7-19(15-27-21)24-6-4-3-5-18(24)14-26/h3-10,15-17,20,23,25H,11-13H2,1-2H3/b10-9+/t16-,17+,20+,23-,25-/m0/s1. The van der Waals surface area contributed by atoms with E-state index in [4.69, 9.17) is 0 Å². The molecule has 28 heavy (non-hydrogen) atoms. The molecule has 0 N–H and O–H groups in total. The van der Waals surface area contributed by atoms with Crippen molar-refractivity contribution in [2.45, 2.75) is 33.1 Å². The van der Waals surface area contributed by atoms with Crippen LogP contribution < -0.4 is 0 Å². The van der Waals surface area contributed by atoms with Crippen LogP contribution in [-0.2, 0) is 4.79 Å². The first-order valence-corrected chi connectivity index (χ1v) is 10.2. The Balaban J connectivity index is 1.54. The normalized spacial score (nSPS) is 29.6. The van der Waals surface area contributed by atoms with E-state index in [1.807, 2.05) is 42.6 Å². The van der Waals surface area contributed by atoms with Crippen molar-refractivity contribution in [3.05, 3.63) is 59.9 Å². The second kappa shape index (κ2) is 7.72. The van der Waals surface area contributed by atoms with Gasteiger partial charge in [-0.25, -0.2) is 0 Å². The summed E-state index contributed by atoms with van der Waals surface area (Å²) in [5.74, 6) is 3.18. The number of hydrogen-bond donors (Lipinski definition) is 0. The number of nitrogens with zero attached hydrogens (tertiary/aromatic N) is 2. The van der Waals surface area contributed by atoms with E-state index >= 15 is 0 Å². The summed E-state index contributed by atoms with van der Waals surface area (Å²) in [7, 11) is 0. The number of aromatic nitrogens is 1. The third-order valence-electron chi connectivity index (χ3n) is 6.87. The van der Waals surface area contributed by atoms with Crippen LogP contribution in [0, 0.1) is 40.9 Å². The van der Waals surface area contributed by atoms with Crippen molar-refractivity contribution in [1.82, 2.24) is 4.98 Å². The number of Topliss-reactive ketones (excluding diaryl/α,β-unsaturated/α-hetero) is 1. The Kier molecular flexibility index (Phi) is 5.13. The molecule has 0 aliphatic heterocycles. The molecule has 1 aromatic heterocycles. The highest BCUT2D eigenvalue weighted by atomic mass is 16.1. The number of hydrogen-bond acceptors (Lipinski definition) is 3. The number of rotatable bonds is 3. The van der Waals surface area contributed by atoms with Gasteiger partial charge in [-0.2, -0.15) is 5.26 Å². The largest absolute Gasteiger partial charge is 0.300 e. The number of allylic oxidation sites excluding steroid dienone is 1. The van der Waals surface area contributed by atoms with Crippen LogP contribution in [0.2, 0.25) is 0 Å². The molecular weight excluding hydrogens is 344 g/mol. The molecule has 2 fully saturated rings. The maximum absolute atomic E-state index is 12.0. The maximum atomic E-state index is 12.0. The zero-order valence-corrected chi connectivity index (χ0v) is 16.5. The van der Waals surface area contributed by atoms with E-state index < -0.39 is 0 Å². The third-order valence-corrected chi connectivity index (χ3v) is 6.87. The minimum Gasteiger partial charge on any atom is -0.300 e. The Morgan fingerprint density at radius 3 is 2.71 bits per heavy atom. The Morgan fingerprint density at radius 2 is 1.96 bits per heavy atom. The molecule has 1 aromatic carbocycles. The van der Waals surface area contributed by atoms with Gasteiger partial charge in [-0.1, -0.05) is 44.2 Å². The van der Waals surface area contributed by atoms with Gasteiger partial charge in [-0.05, 0) is 54.2 Å². The SMILES string of the molecule is C[C@H]1[C@H](/C=C/c2ccc(-c3ccccc3C#N)cn2)[C@H]2CC(=O)C[C@H]2C[C@@H]1C. The highest BCUT2D eigenvalue weighted by Crippen LogP contribution is 2.49. The second-order valence-corrected chi connectivity index (χ2v) is 8.51.